The Bertz CT molecular complexity index is 914. The number of H-pyrrole nitrogens is 2. The van der Waals surface area contributed by atoms with Crippen LogP contribution in [0.25, 0.3) is 11.0 Å². The molecule has 0 fully saturated rings. The molecule has 0 radical (unpaired) electrons. The topological polar surface area (TPSA) is 77.8 Å². The van der Waals surface area contributed by atoms with Gasteiger partial charge in [0.15, 0.2) is 0 Å². The van der Waals surface area contributed by atoms with E-state index in [9.17, 15) is 9.59 Å². The van der Waals surface area contributed by atoms with Crippen LogP contribution in [0.2, 0.25) is 0 Å². The van der Waals surface area contributed by atoms with Crippen LogP contribution in [0.4, 0.5) is 5.69 Å². The molecule has 0 saturated heterocycles. The van der Waals surface area contributed by atoms with Crippen LogP contribution >= 0.6 is 15.9 Å². The lowest BCUT2D eigenvalue weighted by molar-refractivity contribution is 1.13. The number of hydrogen-bond donors (Lipinski definition) is 3. The monoisotopic (exact) mass is 345 g/mol. The summed E-state index contributed by atoms with van der Waals surface area (Å²) < 4.78 is 1.03. The van der Waals surface area contributed by atoms with Crippen molar-refractivity contribution in [2.24, 2.45) is 0 Å². The molecule has 0 amide bonds. The second-order valence-electron chi connectivity index (χ2n) is 4.65. The minimum absolute atomic E-state index is 0.596. The molecule has 21 heavy (non-hydrogen) atoms. The van der Waals surface area contributed by atoms with Gasteiger partial charge < -0.3 is 15.3 Å². The minimum atomic E-state index is -0.647. The van der Waals surface area contributed by atoms with Crippen molar-refractivity contribution >= 4 is 32.7 Å². The van der Waals surface area contributed by atoms with Gasteiger partial charge in [0.1, 0.15) is 0 Å². The number of aromatic amines is 2. The number of rotatable bonds is 3. The summed E-state index contributed by atoms with van der Waals surface area (Å²) in [7, 11) is 0. The van der Waals surface area contributed by atoms with Gasteiger partial charge in [-0.2, -0.15) is 0 Å². The van der Waals surface area contributed by atoms with Crippen LogP contribution in [-0.4, -0.2) is 9.97 Å². The Kier molecular flexibility index (Phi) is 3.62. The molecule has 0 aliphatic heterocycles. The molecular formula is C15H12BrN3O2. The molecule has 0 atom stereocenters. The molecular weight excluding hydrogens is 334 g/mol. The zero-order valence-corrected chi connectivity index (χ0v) is 12.5. The van der Waals surface area contributed by atoms with Gasteiger partial charge in [-0.25, -0.2) is 0 Å². The molecule has 0 aliphatic rings. The average Bonchev–Trinajstić information content (AvgIpc) is 2.46. The normalized spacial score (nSPS) is 10.7. The zero-order chi connectivity index (χ0) is 14.8. The molecule has 1 heterocycles. The maximum Gasteiger partial charge on any atom is 0.314 e. The summed E-state index contributed by atoms with van der Waals surface area (Å²) in [6.45, 7) is 0.665. The van der Waals surface area contributed by atoms with E-state index in [0.717, 1.165) is 15.7 Å². The number of benzene rings is 2. The van der Waals surface area contributed by atoms with Crippen LogP contribution in [0.1, 0.15) is 5.56 Å². The molecule has 3 N–H and O–H groups in total. The molecule has 0 saturated carbocycles. The van der Waals surface area contributed by atoms with Gasteiger partial charge in [-0.15, -0.1) is 0 Å². The van der Waals surface area contributed by atoms with Crippen molar-refractivity contribution in [2.75, 3.05) is 5.32 Å². The third-order valence-electron chi connectivity index (χ3n) is 3.11. The van der Waals surface area contributed by atoms with Crippen molar-refractivity contribution in [1.82, 2.24) is 9.97 Å². The highest BCUT2D eigenvalue weighted by Gasteiger charge is 2.01. The molecule has 106 valence electrons. The maximum absolute atomic E-state index is 11.3. The third-order valence-corrected chi connectivity index (χ3v) is 3.60. The van der Waals surface area contributed by atoms with Crippen LogP contribution in [-0.2, 0) is 6.54 Å². The molecule has 6 heteroatoms. The van der Waals surface area contributed by atoms with Crippen molar-refractivity contribution in [3.63, 3.8) is 0 Å². The quantitative estimate of drug-likeness (QED) is 0.638. The molecule has 5 nitrogen and oxygen atoms in total. The largest absolute Gasteiger partial charge is 0.381 e. The van der Waals surface area contributed by atoms with E-state index in [2.05, 4.69) is 31.2 Å². The fourth-order valence-corrected chi connectivity index (χ4v) is 2.52. The lowest BCUT2D eigenvalue weighted by atomic mass is 10.2. The summed E-state index contributed by atoms with van der Waals surface area (Å²) in [6, 6.07) is 13.4. The van der Waals surface area contributed by atoms with E-state index in [0.29, 0.717) is 17.6 Å². The maximum atomic E-state index is 11.3. The highest BCUT2D eigenvalue weighted by atomic mass is 79.9. The Morgan fingerprint density at radius 3 is 2.48 bits per heavy atom. The van der Waals surface area contributed by atoms with Crippen molar-refractivity contribution in [3.05, 3.63) is 73.2 Å². The summed E-state index contributed by atoms with van der Waals surface area (Å²) in [5.41, 5.74) is 1.92. The average molecular weight is 346 g/mol. The number of anilines is 1. The van der Waals surface area contributed by atoms with Gasteiger partial charge in [0.2, 0.25) is 0 Å². The Hall–Kier alpha value is -2.34. The number of hydrogen-bond acceptors (Lipinski definition) is 3. The van der Waals surface area contributed by atoms with Crippen LogP contribution in [0.15, 0.2) is 56.5 Å². The van der Waals surface area contributed by atoms with Gasteiger partial charge in [0.05, 0.1) is 11.0 Å². The van der Waals surface area contributed by atoms with Gasteiger partial charge in [-0.3, -0.25) is 9.59 Å². The smallest absolute Gasteiger partial charge is 0.314 e. The van der Waals surface area contributed by atoms with Crippen LogP contribution in [0, 0.1) is 0 Å². The SMILES string of the molecule is O=c1[nH]c2ccc(NCc3cccc(Br)c3)cc2[nH]c1=O. The summed E-state index contributed by atoms with van der Waals surface area (Å²) in [5.74, 6) is 0. The van der Waals surface area contributed by atoms with Gasteiger partial charge in [-0.05, 0) is 35.9 Å². The van der Waals surface area contributed by atoms with Crippen molar-refractivity contribution in [1.29, 1.82) is 0 Å². The fraction of sp³-hybridized carbons (Fsp3) is 0.0667. The summed E-state index contributed by atoms with van der Waals surface area (Å²) in [5, 5.41) is 3.28. The van der Waals surface area contributed by atoms with E-state index in [1.807, 2.05) is 30.3 Å². The lowest BCUT2D eigenvalue weighted by Crippen LogP contribution is -2.28. The first-order chi connectivity index (χ1) is 10.1. The molecule has 3 aromatic rings. The summed E-state index contributed by atoms with van der Waals surface area (Å²) in [4.78, 5) is 27.7. The molecule has 3 rings (SSSR count). The second-order valence-corrected chi connectivity index (χ2v) is 5.57. The van der Waals surface area contributed by atoms with Crippen LogP contribution in [0.3, 0.4) is 0 Å². The Balaban J connectivity index is 1.86. The number of fused-ring (bicyclic) bond motifs is 1. The predicted molar refractivity (Wildman–Crippen MR) is 86.7 cm³/mol. The minimum Gasteiger partial charge on any atom is -0.381 e. The van der Waals surface area contributed by atoms with Gasteiger partial charge in [0.25, 0.3) is 0 Å². The Labute approximate surface area is 128 Å². The molecule has 0 unspecified atom stereocenters. The highest BCUT2D eigenvalue weighted by Crippen LogP contribution is 2.16. The first-order valence-electron chi connectivity index (χ1n) is 6.36. The van der Waals surface area contributed by atoms with Crippen molar-refractivity contribution in [2.45, 2.75) is 6.54 Å². The Morgan fingerprint density at radius 1 is 0.952 bits per heavy atom. The van der Waals surface area contributed by atoms with E-state index >= 15 is 0 Å². The summed E-state index contributed by atoms with van der Waals surface area (Å²) in [6.07, 6.45) is 0. The van der Waals surface area contributed by atoms with E-state index in [1.54, 1.807) is 12.1 Å². The second kappa shape index (κ2) is 5.57. The molecule has 0 aliphatic carbocycles. The molecule has 0 bridgehead atoms. The standard InChI is InChI=1S/C15H12BrN3O2/c16-10-3-1-2-9(6-10)8-17-11-4-5-12-13(7-11)19-15(21)14(20)18-12/h1-7,17H,8H2,(H,18,20)(H,19,21). The molecule has 1 aromatic heterocycles. The van der Waals surface area contributed by atoms with Gasteiger partial charge in [-0.1, -0.05) is 28.1 Å². The highest BCUT2D eigenvalue weighted by molar-refractivity contribution is 9.10. The lowest BCUT2D eigenvalue weighted by Gasteiger charge is -2.08. The van der Waals surface area contributed by atoms with Crippen molar-refractivity contribution < 1.29 is 0 Å². The van der Waals surface area contributed by atoms with Crippen molar-refractivity contribution in [3.8, 4) is 0 Å². The third kappa shape index (κ3) is 3.05. The summed E-state index contributed by atoms with van der Waals surface area (Å²) >= 11 is 3.43. The first-order valence-corrected chi connectivity index (χ1v) is 7.16. The van der Waals surface area contributed by atoms with E-state index < -0.39 is 11.1 Å². The van der Waals surface area contributed by atoms with E-state index in [-0.39, 0.29) is 0 Å². The Morgan fingerprint density at radius 2 is 1.71 bits per heavy atom. The molecule has 2 aromatic carbocycles. The zero-order valence-electron chi connectivity index (χ0n) is 10.9. The predicted octanol–water partition coefficient (Wildman–Crippen LogP) is 2.59. The number of halogens is 1. The van der Waals surface area contributed by atoms with E-state index in [4.69, 9.17) is 0 Å². The van der Waals surface area contributed by atoms with Gasteiger partial charge >= 0.3 is 11.1 Å². The number of nitrogens with one attached hydrogen (secondary N) is 3. The first kappa shape index (κ1) is 13.6. The molecule has 0 spiro atoms. The van der Waals surface area contributed by atoms with Crippen LogP contribution < -0.4 is 16.4 Å². The fourth-order valence-electron chi connectivity index (χ4n) is 2.08. The number of aromatic nitrogens is 2. The van der Waals surface area contributed by atoms with Crippen LogP contribution in [0.5, 0.6) is 0 Å². The van der Waals surface area contributed by atoms with Gasteiger partial charge in [0, 0.05) is 16.7 Å². The van der Waals surface area contributed by atoms with E-state index in [1.165, 1.54) is 0 Å².